The summed E-state index contributed by atoms with van der Waals surface area (Å²) in [7, 11) is 0. The zero-order valence-corrected chi connectivity index (χ0v) is 11.4. The molecule has 1 atom stereocenters. The van der Waals surface area contributed by atoms with Crippen LogP contribution in [0.5, 0.6) is 0 Å². The first-order chi connectivity index (χ1) is 9.81. The van der Waals surface area contributed by atoms with Gasteiger partial charge in [-0.25, -0.2) is 0 Å². The molecule has 0 heterocycles. The van der Waals surface area contributed by atoms with E-state index < -0.39 is 0 Å². The largest absolute Gasteiger partial charge is 0.192 e. The lowest BCUT2D eigenvalue weighted by Gasteiger charge is -2.15. The molecule has 3 aromatic rings. The molecule has 0 fully saturated rings. The van der Waals surface area contributed by atoms with Gasteiger partial charge in [-0.1, -0.05) is 67.6 Å². The van der Waals surface area contributed by atoms with Crippen LogP contribution in [0.1, 0.15) is 29.5 Å². The van der Waals surface area contributed by atoms with E-state index in [-0.39, 0.29) is 0 Å². The monoisotopic (exact) mass is 257 g/mol. The van der Waals surface area contributed by atoms with Crippen LogP contribution in [-0.2, 0) is 0 Å². The SMILES string of the molecule is CC(c1ccccc1)c1ccc(C#N)c2ccccc12. The minimum Gasteiger partial charge on any atom is -0.192 e. The zero-order chi connectivity index (χ0) is 13.9. The number of rotatable bonds is 2. The van der Waals surface area contributed by atoms with Gasteiger partial charge in [0.1, 0.15) is 0 Å². The molecule has 0 bridgehead atoms. The molecule has 3 rings (SSSR count). The van der Waals surface area contributed by atoms with Gasteiger partial charge in [0.2, 0.25) is 0 Å². The van der Waals surface area contributed by atoms with E-state index >= 15 is 0 Å². The molecule has 0 aliphatic carbocycles. The highest BCUT2D eigenvalue weighted by Gasteiger charge is 2.12. The van der Waals surface area contributed by atoms with Crippen LogP contribution < -0.4 is 0 Å². The number of benzene rings is 3. The highest BCUT2D eigenvalue weighted by Crippen LogP contribution is 2.31. The Morgan fingerprint density at radius 1 is 0.800 bits per heavy atom. The van der Waals surface area contributed by atoms with Crippen molar-refractivity contribution in [3.63, 3.8) is 0 Å². The van der Waals surface area contributed by atoms with Crippen LogP contribution in [0.15, 0.2) is 66.7 Å². The minimum atomic E-state index is 0.314. The summed E-state index contributed by atoms with van der Waals surface area (Å²) in [5.74, 6) is 0.314. The lowest BCUT2D eigenvalue weighted by molar-refractivity contribution is 0.933. The van der Waals surface area contributed by atoms with Gasteiger partial charge in [-0.3, -0.25) is 0 Å². The molecular weight excluding hydrogens is 242 g/mol. The van der Waals surface area contributed by atoms with Crippen LogP contribution in [0.3, 0.4) is 0 Å². The molecule has 0 aliphatic rings. The van der Waals surface area contributed by atoms with E-state index in [9.17, 15) is 5.26 Å². The Morgan fingerprint density at radius 2 is 1.45 bits per heavy atom. The molecule has 1 unspecified atom stereocenters. The number of nitriles is 1. The van der Waals surface area contributed by atoms with Crippen molar-refractivity contribution in [1.29, 1.82) is 5.26 Å². The molecule has 0 radical (unpaired) electrons. The quantitative estimate of drug-likeness (QED) is 0.643. The molecule has 96 valence electrons. The van der Waals surface area contributed by atoms with Crippen molar-refractivity contribution in [3.05, 3.63) is 83.4 Å². The molecule has 0 amide bonds. The number of hydrogen-bond donors (Lipinski definition) is 0. The maximum absolute atomic E-state index is 9.23. The van der Waals surface area contributed by atoms with Crippen molar-refractivity contribution in [2.24, 2.45) is 0 Å². The van der Waals surface area contributed by atoms with E-state index in [1.165, 1.54) is 16.5 Å². The molecular formula is C19H15N. The van der Waals surface area contributed by atoms with Gasteiger partial charge < -0.3 is 0 Å². The van der Waals surface area contributed by atoms with Gasteiger partial charge in [0.15, 0.2) is 0 Å². The first-order valence-electron chi connectivity index (χ1n) is 6.78. The fourth-order valence-electron chi connectivity index (χ4n) is 2.72. The molecule has 0 aliphatic heterocycles. The van der Waals surface area contributed by atoms with E-state index in [1.807, 2.05) is 30.3 Å². The maximum Gasteiger partial charge on any atom is 0.0998 e. The summed E-state index contributed by atoms with van der Waals surface area (Å²) in [5.41, 5.74) is 3.30. The van der Waals surface area contributed by atoms with Gasteiger partial charge in [-0.15, -0.1) is 0 Å². The highest BCUT2D eigenvalue weighted by molar-refractivity contribution is 5.91. The van der Waals surface area contributed by atoms with Crippen LogP contribution in [0.4, 0.5) is 0 Å². The van der Waals surface area contributed by atoms with Crippen molar-refractivity contribution in [3.8, 4) is 6.07 Å². The molecule has 0 spiro atoms. The fraction of sp³-hybridized carbons (Fsp3) is 0.105. The Labute approximate surface area is 119 Å². The first-order valence-corrected chi connectivity index (χ1v) is 6.78. The normalized spacial score (nSPS) is 12.0. The van der Waals surface area contributed by atoms with Gasteiger partial charge in [-0.2, -0.15) is 5.26 Å². The van der Waals surface area contributed by atoms with Gasteiger partial charge in [0.25, 0.3) is 0 Å². The van der Waals surface area contributed by atoms with E-state index in [4.69, 9.17) is 0 Å². The maximum atomic E-state index is 9.23. The van der Waals surface area contributed by atoms with Crippen LogP contribution in [0, 0.1) is 11.3 Å². The number of hydrogen-bond acceptors (Lipinski definition) is 1. The summed E-state index contributed by atoms with van der Waals surface area (Å²) in [5, 5.41) is 11.4. The summed E-state index contributed by atoms with van der Waals surface area (Å²) in [6.45, 7) is 2.21. The van der Waals surface area contributed by atoms with E-state index in [2.05, 4.69) is 49.4 Å². The average molecular weight is 257 g/mol. The molecule has 0 saturated heterocycles. The molecule has 0 saturated carbocycles. The number of fused-ring (bicyclic) bond motifs is 1. The molecule has 0 aromatic heterocycles. The van der Waals surface area contributed by atoms with Crippen LogP contribution in [0.25, 0.3) is 10.8 Å². The zero-order valence-electron chi connectivity index (χ0n) is 11.4. The summed E-state index contributed by atoms with van der Waals surface area (Å²) in [6, 6.07) is 24.9. The second-order valence-electron chi connectivity index (χ2n) is 4.99. The lowest BCUT2D eigenvalue weighted by Crippen LogP contribution is -1.97. The van der Waals surface area contributed by atoms with E-state index in [0.29, 0.717) is 5.92 Å². The molecule has 1 heteroatoms. The average Bonchev–Trinajstić information content (AvgIpc) is 2.54. The first kappa shape index (κ1) is 12.4. The van der Waals surface area contributed by atoms with Crippen LogP contribution in [-0.4, -0.2) is 0 Å². The van der Waals surface area contributed by atoms with Crippen molar-refractivity contribution in [2.75, 3.05) is 0 Å². The second kappa shape index (κ2) is 5.19. The highest BCUT2D eigenvalue weighted by atomic mass is 14.2. The second-order valence-corrected chi connectivity index (χ2v) is 4.99. The third kappa shape index (κ3) is 2.06. The summed E-state index contributed by atoms with van der Waals surface area (Å²) in [4.78, 5) is 0. The molecule has 20 heavy (non-hydrogen) atoms. The Balaban J connectivity index is 2.21. The molecule has 3 aromatic carbocycles. The van der Waals surface area contributed by atoms with Gasteiger partial charge >= 0.3 is 0 Å². The van der Waals surface area contributed by atoms with Crippen molar-refractivity contribution in [1.82, 2.24) is 0 Å². The van der Waals surface area contributed by atoms with Gasteiger partial charge in [0, 0.05) is 5.92 Å². The van der Waals surface area contributed by atoms with Gasteiger partial charge in [0.05, 0.1) is 11.6 Å². The standard InChI is InChI=1S/C19H15N/c1-14(15-7-3-2-4-8-15)17-12-11-16(13-20)18-9-5-6-10-19(17)18/h2-12,14H,1H3. The van der Waals surface area contributed by atoms with Crippen molar-refractivity contribution < 1.29 is 0 Å². The minimum absolute atomic E-state index is 0.314. The van der Waals surface area contributed by atoms with Crippen LogP contribution in [0.2, 0.25) is 0 Å². The van der Waals surface area contributed by atoms with Crippen molar-refractivity contribution in [2.45, 2.75) is 12.8 Å². The summed E-state index contributed by atoms with van der Waals surface area (Å²) < 4.78 is 0. The fourth-order valence-corrected chi connectivity index (χ4v) is 2.72. The van der Waals surface area contributed by atoms with Crippen molar-refractivity contribution >= 4 is 10.8 Å². The molecule has 0 N–H and O–H groups in total. The Morgan fingerprint density at radius 3 is 2.15 bits per heavy atom. The van der Waals surface area contributed by atoms with Crippen LogP contribution >= 0.6 is 0 Å². The Hall–Kier alpha value is -2.59. The predicted octanol–water partition coefficient (Wildman–Crippen LogP) is 4.86. The Kier molecular flexibility index (Phi) is 3.23. The third-order valence-electron chi connectivity index (χ3n) is 3.84. The summed E-state index contributed by atoms with van der Waals surface area (Å²) in [6.07, 6.45) is 0. The smallest absolute Gasteiger partial charge is 0.0998 e. The topological polar surface area (TPSA) is 23.8 Å². The molecule has 1 nitrogen and oxygen atoms in total. The van der Waals surface area contributed by atoms with Gasteiger partial charge in [-0.05, 0) is 28.0 Å². The number of nitrogens with zero attached hydrogens (tertiary/aromatic N) is 1. The Bertz CT molecular complexity index is 782. The predicted molar refractivity (Wildman–Crippen MR) is 82.6 cm³/mol. The van der Waals surface area contributed by atoms with E-state index in [0.717, 1.165) is 10.9 Å². The van der Waals surface area contributed by atoms with E-state index in [1.54, 1.807) is 0 Å². The lowest BCUT2D eigenvalue weighted by atomic mass is 9.88. The summed E-state index contributed by atoms with van der Waals surface area (Å²) >= 11 is 0. The third-order valence-corrected chi connectivity index (χ3v) is 3.84.